The third kappa shape index (κ3) is 3.01. The number of carboxylic acids is 1. The van der Waals surface area contributed by atoms with Crippen LogP contribution in [0.1, 0.15) is 41.8 Å². The molecule has 1 N–H and O–H groups in total. The maximum Gasteiger partial charge on any atom is 0.335 e. The van der Waals surface area contributed by atoms with Gasteiger partial charge in [-0.1, -0.05) is 19.1 Å². The Balaban J connectivity index is 2.18. The lowest BCUT2D eigenvalue weighted by Gasteiger charge is -2.35. The molecule has 1 heterocycles. The van der Waals surface area contributed by atoms with Gasteiger partial charge in [-0.2, -0.15) is 0 Å². The summed E-state index contributed by atoms with van der Waals surface area (Å²) in [5.41, 5.74) is 2.15. The summed E-state index contributed by atoms with van der Waals surface area (Å²) in [6.07, 6.45) is 1.51. The molecule has 1 aliphatic rings. The van der Waals surface area contributed by atoms with Crippen molar-refractivity contribution in [1.29, 1.82) is 0 Å². The van der Waals surface area contributed by atoms with Crippen molar-refractivity contribution >= 4 is 12.0 Å². The van der Waals surface area contributed by atoms with Gasteiger partial charge in [-0.3, -0.25) is 0 Å². The molecule has 21 heavy (non-hydrogen) atoms. The van der Waals surface area contributed by atoms with Crippen LogP contribution in [-0.2, 0) is 13.0 Å². The highest BCUT2D eigenvalue weighted by Crippen LogP contribution is 2.23. The molecule has 1 unspecified atom stereocenters. The molecule has 0 aliphatic carbocycles. The van der Waals surface area contributed by atoms with E-state index in [9.17, 15) is 14.7 Å². The monoisotopic (exact) mass is 290 g/mol. The van der Waals surface area contributed by atoms with Gasteiger partial charge < -0.3 is 14.9 Å². The van der Waals surface area contributed by atoms with Crippen LogP contribution in [0.5, 0.6) is 0 Å². The van der Waals surface area contributed by atoms with Crippen LogP contribution in [-0.4, -0.2) is 46.5 Å². The second kappa shape index (κ2) is 6.16. The Morgan fingerprint density at radius 1 is 1.43 bits per heavy atom. The minimum Gasteiger partial charge on any atom is -0.478 e. The van der Waals surface area contributed by atoms with E-state index in [0.29, 0.717) is 25.1 Å². The predicted molar refractivity (Wildman–Crippen MR) is 80.4 cm³/mol. The number of carbonyl (C=O) groups excluding carboxylic acids is 1. The summed E-state index contributed by atoms with van der Waals surface area (Å²) in [6, 6.07) is 5.49. The lowest BCUT2D eigenvalue weighted by molar-refractivity contribution is 0.0695. The van der Waals surface area contributed by atoms with E-state index < -0.39 is 5.97 Å². The molecule has 0 saturated carbocycles. The minimum atomic E-state index is -0.900. The molecule has 0 aromatic heterocycles. The maximum absolute atomic E-state index is 12.5. The number of carboxylic acid groups (broad SMARTS) is 1. The third-order valence-corrected chi connectivity index (χ3v) is 4.32. The minimum absolute atomic E-state index is 0.00993. The smallest absolute Gasteiger partial charge is 0.335 e. The standard InChI is InChI=1S/C16H22N2O3/c1-4-11(2)17(3)16(21)18-9-8-13-12(10-18)6-5-7-14(13)15(19)20/h5-7,11H,4,8-10H2,1-3H3,(H,19,20). The van der Waals surface area contributed by atoms with E-state index in [1.54, 1.807) is 21.9 Å². The molecule has 2 rings (SSSR count). The first-order chi connectivity index (χ1) is 9.95. The van der Waals surface area contributed by atoms with Crippen molar-refractivity contribution in [1.82, 2.24) is 9.80 Å². The number of urea groups is 1. The van der Waals surface area contributed by atoms with E-state index in [1.165, 1.54) is 0 Å². The molecule has 114 valence electrons. The number of hydrogen-bond acceptors (Lipinski definition) is 2. The van der Waals surface area contributed by atoms with Gasteiger partial charge in [-0.05, 0) is 37.0 Å². The lowest BCUT2D eigenvalue weighted by atomic mass is 9.94. The van der Waals surface area contributed by atoms with Crippen molar-refractivity contribution in [3.05, 3.63) is 34.9 Å². The van der Waals surface area contributed by atoms with Crippen molar-refractivity contribution in [2.75, 3.05) is 13.6 Å². The number of fused-ring (bicyclic) bond motifs is 1. The largest absolute Gasteiger partial charge is 0.478 e. The molecular weight excluding hydrogens is 268 g/mol. The zero-order chi connectivity index (χ0) is 15.6. The Morgan fingerprint density at radius 3 is 2.76 bits per heavy atom. The zero-order valence-corrected chi connectivity index (χ0v) is 12.8. The fourth-order valence-electron chi connectivity index (χ4n) is 2.66. The Morgan fingerprint density at radius 2 is 2.14 bits per heavy atom. The molecular formula is C16H22N2O3. The molecule has 2 amide bonds. The Hall–Kier alpha value is -2.04. The zero-order valence-electron chi connectivity index (χ0n) is 12.8. The number of rotatable bonds is 3. The van der Waals surface area contributed by atoms with E-state index in [-0.39, 0.29) is 12.1 Å². The molecule has 1 atom stereocenters. The maximum atomic E-state index is 12.5. The summed E-state index contributed by atoms with van der Waals surface area (Å²) in [5.74, 6) is -0.900. The van der Waals surface area contributed by atoms with Crippen molar-refractivity contribution in [2.24, 2.45) is 0 Å². The average molecular weight is 290 g/mol. The number of carbonyl (C=O) groups is 2. The molecule has 5 heteroatoms. The molecule has 5 nitrogen and oxygen atoms in total. The second-order valence-corrected chi connectivity index (χ2v) is 5.57. The van der Waals surface area contributed by atoms with Crippen LogP contribution in [0, 0.1) is 0 Å². The molecule has 0 radical (unpaired) electrons. The lowest BCUT2D eigenvalue weighted by Crippen LogP contribution is -2.46. The van der Waals surface area contributed by atoms with Crippen molar-refractivity contribution in [3.63, 3.8) is 0 Å². The number of benzene rings is 1. The van der Waals surface area contributed by atoms with Gasteiger partial charge in [0.05, 0.1) is 5.56 Å². The van der Waals surface area contributed by atoms with Gasteiger partial charge in [0.25, 0.3) is 0 Å². The molecule has 0 fully saturated rings. The van der Waals surface area contributed by atoms with Crippen molar-refractivity contribution in [2.45, 2.75) is 39.3 Å². The highest BCUT2D eigenvalue weighted by molar-refractivity contribution is 5.90. The first-order valence-corrected chi connectivity index (χ1v) is 7.31. The fraction of sp³-hybridized carbons (Fsp3) is 0.500. The molecule has 1 aromatic rings. The highest BCUT2D eigenvalue weighted by atomic mass is 16.4. The topological polar surface area (TPSA) is 60.9 Å². The number of aromatic carboxylic acids is 1. The van der Waals surface area contributed by atoms with Crippen LogP contribution >= 0.6 is 0 Å². The normalized spacial score (nSPS) is 15.3. The van der Waals surface area contributed by atoms with E-state index >= 15 is 0 Å². The summed E-state index contributed by atoms with van der Waals surface area (Å²) in [6.45, 7) is 5.13. The van der Waals surface area contributed by atoms with E-state index in [1.807, 2.05) is 20.0 Å². The summed E-state index contributed by atoms with van der Waals surface area (Å²) < 4.78 is 0. The molecule has 0 spiro atoms. The van der Waals surface area contributed by atoms with Crippen LogP contribution in [0.4, 0.5) is 4.79 Å². The van der Waals surface area contributed by atoms with Gasteiger partial charge in [0, 0.05) is 26.2 Å². The number of amides is 2. The van der Waals surface area contributed by atoms with Gasteiger partial charge in [0.15, 0.2) is 0 Å². The first kappa shape index (κ1) is 15.4. The van der Waals surface area contributed by atoms with Gasteiger partial charge in [-0.25, -0.2) is 9.59 Å². The van der Waals surface area contributed by atoms with Gasteiger partial charge >= 0.3 is 12.0 Å². The van der Waals surface area contributed by atoms with E-state index in [2.05, 4.69) is 6.92 Å². The Bertz CT molecular complexity index is 556. The van der Waals surface area contributed by atoms with Crippen LogP contribution in [0.2, 0.25) is 0 Å². The van der Waals surface area contributed by atoms with Crippen molar-refractivity contribution in [3.8, 4) is 0 Å². The first-order valence-electron chi connectivity index (χ1n) is 7.31. The van der Waals surface area contributed by atoms with Crippen LogP contribution < -0.4 is 0 Å². The van der Waals surface area contributed by atoms with E-state index in [0.717, 1.165) is 17.5 Å². The van der Waals surface area contributed by atoms with Crippen molar-refractivity contribution < 1.29 is 14.7 Å². The summed E-state index contributed by atoms with van der Waals surface area (Å²) >= 11 is 0. The van der Waals surface area contributed by atoms with Crippen LogP contribution in [0.15, 0.2) is 18.2 Å². The van der Waals surface area contributed by atoms with Crippen LogP contribution in [0.3, 0.4) is 0 Å². The summed E-state index contributed by atoms with van der Waals surface area (Å²) in [4.78, 5) is 27.2. The Kier molecular flexibility index (Phi) is 4.50. The molecule has 1 aliphatic heterocycles. The average Bonchev–Trinajstić information content (AvgIpc) is 2.51. The van der Waals surface area contributed by atoms with Gasteiger partial charge in [-0.15, -0.1) is 0 Å². The number of nitrogens with zero attached hydrogens (tertiary/aromatic N) is 2. The van der Waals surface area contributed by atoms with Gasteiger partial charge in [0.1, 0.15) is 0 Å². The van der Waals surface area contributed by atoms with E-state index in [4.69, 9.17) is 0 Å². The summed E-state index contributed by atoms with van der Waals surface area (Å²) in [5, 5.41) is 9.22. The summed E-state index contributed by atoms with van der Waals surface area (Å²) in [7, 11) is 1.82. The quantitative estimate of drug-likeness (QED) is 0.930. The third-order valence-electron chi connectivity index (χ3n) is 4.32. The predicted octanol–water partition coefficient (Wildman–Crippen LogP) is 2.59. The Labute approximate surface area is 125 Å². The van der Waals surface area contributed by atoms with Gasteiger partial charge in [0.2, 0.25) is 0 Å². The SMILES string of the molecule is CCC(C)N(C)C(=O)N1CCc2c(cccc2C(=O)O)C1. The molecule has 1 aromatic carbocycles. The van der Waals surface area contributed by atoms with Crippen LogP contribution in [0.25, 0.3) is 0 Å². The number of hydrogen-bond donors (Lipinski definition) is 1. The highest BCUT2D eigenvalue weighted by Gasteiger charge is 2.27. The molecule has 0 bridgehead atoms. The second-order valence-electron chi connectivity index (χ2n) is 5.57. The fourth-order valence-corrected chi connectivity index (χ4v) is 2.66. The molecule has 0 saturated heterocycles.